The molecule has 1 aliphatic rings. The lowest BCUT2D eigenvalue weighted by molar-refractivity contribution is -0.115. The van der Waals surface area contributed by atoms with Gasteiger partial charge < -0.3 is 4.98 Å². The first-order valence-corrected chi connectivity index (χ1v) is 5.72. The molecular weight excluding hydrogens is 238 g/mol. The van der Waals surface area contributed by atoms with E-state index in [0.29, 0.717) is 4.91 Å². The van der Waals surface area contributed by atoms with Crippen molar-refractivity contribution in [3.63, 3.8) is 0 Å². The van der Waals surface area contributed by atoms with Gasteiger partial charge in [0, 0.05) is 18.0 Å². The zero-order chi connectivity index (χ0) is 11.8. The van der Waals surface area contributed by atoms with E-state index >= 15 is 0 Å². The monoisotopic (exact) mass is 245 g/mol. The van der Waals surface area contributed by atoms with Crippen LogP contribution in [-0.4, -0.2) is 21.1 Å². The summed E-state index contributed by atoms with van der Waals surface area (Å²) in [6.45, 7) is 0. The van der Waals surface area contributed by atoms with Gasteiger partial charge in [0.1, 0.15) is 0 Å². The number of carbonyl (C=O) groups excluding carboxylic acids is 2. The molecule has 5 nitrogen and oxygen atoms in total. The number of rotatable bonds is 1. The number of hydrogen-bond donors (Lipinski definition) is 2. The molecule has 0 radical (unpaired) electrons. The number of H-pyrrole nitrogens is 1. The molecule has 6 heteroatoms. The predicted octanol–water partition coefficient (Wildman–Crippen LogP) is 1.89. The van der Waals surface area contributed by atoms with Crippen molar-refractivity contribution in [3.8, 4) is 0 Å². The number of amides is 2. The Hall–Kier alpha value is -2.08. The topological polar surface area (TPSA) is 74.8 Å². The van der Waals surface area contributed by atoms with Gasteiger partial charge in [-0.25, -0.2) is 0 Å². The highest BCUT2D eigenvalue weighted by Crippen LogP contribution is 2.27. The minimum absolute atomic E-state index is 0.339. The lowest BCUT2D eigenvalue weighted by Gasteiger charge is -1.91. The summed E-state index contributed by atoms with van der Waals surface area (Å²) in [4.78, 5) is 30.1. The Morgan fingerprint density at radius 3 is 3.00 bits per heavy atom. The summed E-state index contributed by atoms with van der Waals surface area (Å²) in [5.41, 5.74) is 2.48. The predicted molar refractivity (Wildman–Crippen MR) is 65.2 cm³/mol. The van der Waals surface area contributed by atoms with Gasteiger partial charge in [0.15, 0.2) is 0 Å². The number of aromatic nitrogens is 2. The maximum absolute atomic E-state index is 11.4. The van der Waals surface area contributed by atoms with E-state index in [-0.39, 0.29) is 11.1 Å². The Morgan fingerprint density at radius 1 is 1.35 bits per heavy atom. The van der Waals surface area contributed by atoms with E-state index in [1.807, 2.05) is 12.1 Å². The number of aromatic amines is 1. The second-order valence-electron chi connectivity index (χ2n) is 3.50. The number of nitrogens with one attached hydrogen (secondary N) is 2. The van der Waals surface area contributed by atoms with Crippen molar-refractivity contribution in [2.75, 3.05) is 0 Å². The molecule has 0 saturated carbocycles. The number of carbonyl (C=O) groups is 2. The van der Waals surface area contributed by atoms with E-state index in [1.54, 1.807) is 18.5 Å². The summed E-state index contributed by atoms with van der Waals surface area (Å²) in [6.07, 6.45) is 5.11. The van der Waals surface area contributed by atoms with Crippen LogP contribution in [0, 0.1) is 0 Å². The second-order valence-corrected chi connectivity index (χ2v) is 4.51. The van der Waals surface area contributed by atoms with E-state index in [1.165, 1.54) is 0 Å². The van der Waals surface area contributed by atoms with Crippen LogP contribution in [0.25, 0.3) is 17.1 Å². The first-order chi connectivity index (χ1) is 8.24. The van der Waals surface area contributed by atoms with E-state index in [4.69, 9.17) is 0 Å². The van der Waals surface area contributed by atoms with Crippen LogP contribution in [0.2, 0.25) is 0 Å². The first-order valence-electron chi connectivity index (χ1n) is 4.91. The fraction of sp³-hybridized carbons (Fsp3) is 0. The third-order valence-corrected chi connectivity index (χ3v) is 3.20. The molecule has 3 rings (SSSR count). The van der Waals surface area contributed by atoms with E-state index < -0.39 is 0 Å². The molecule has 0 bridgehead atoms. The maximum atomic E-state index is 11.4. The van der Waals surface area contributed by atoms with Crippen molar-refractivity contribution >= 4 is 40.0 Å². The van der Waals surface area contributed by atoms with Gasteiger partial charge >= 0.3 is 0 Å². The normalized spacial score (nSPS) is 18.0. The number of pyridine rings is 1. The van der Waals surface area contributed by atoms with Gasteiger partial charge in [-0.1, -0.05) is 0 Å². The highest BCUT2D eigenvalue weighted by Gasteiger charge is 2.25. The molecule has 0 aliphatic carbocycles. The molecule has 2 aromatic rings. The zero-order valence-electron chi connectivity index (χ0n) is 8.56. The minimum Gasteiger partial charge on any atom is -0.359 e. The third-order valence-electron chi connectivity index (χ3n) is 2.39. The van der Waals surface area contributed by atoms with Gasteiger partial charge in [0.2, 0.25) is 0 Å². The van der Waals surface area contributed by atoms with Crippen LogP contribution >= 0.6 is 11.8 Å². The van der Waals surface area contributed by atoms with E-state index in [0.717, 1.165) is 28.4 Å². The average Bonchev–Trinajstić information content (AvgIpc) is 2.85. The molecule has 1 fully saturated rings. The standard InChI is InChI=1S/C11H7N3O2S/c15-10-8(17-11(16)14-10)4-6-5-13-7-2-1-3-12-9(6)7/h1-5,13H,(H,14,15,16). The van der Waals surface area contributed by atoms with Gasteiger partial charge in [-0.2, -0.15) is 0 Å². The van der Waals surface area contributed by atoms with Crippen molar-refractivity contribution in [2.45, 2.75) is 0 Å². The zero-order valence-corrected chi connectivity index (χ0v) is 9.38. The average molecular weight is 245 g/mol. The van der Waals surface area contributed by atoms with Crippen LogP contribution < -0.4 is 5.32 Å². The molecule has 2 amide bonds. The van der Waals surface area contributed by atoms with Crippen molar-refractivity contribution in [1.29, 1.82) is 0 Å². The first kappa shape index (κ1) is 10.1. The molecule has 84 valence electrons. The fourth-order valence-electron chi connectivity index (χ4n) is 1.65. The van der Waals surface area contributed by atoms with Crippen molar-refractivity contribution in [2.24, 2.45) is 0 Å². The van der Waals surface area contributed by atoms with Crippen LogP contribution in [0.1, 0.15) is 5.56 Å². The second kappa shape index (κ2) is 3.74. The Balaban J connectivity index is 2.08. The van der Waals surface area contributed by atoms with Crippen molar-refractivity contribution in [3.05, 3.63) is 35.0 Å². The lowest BCUT2D eigenvalue weighted by atomic mass is 10.2. The quantitative estimate of drug-likeness (QED) is 0.752. The highest BCUT2D eigenvalue weighted by molar-refractivity contribution is 8.18. The van der Waals surface area contributed by atoms with Gasteiger partial charge in [0.05, 0.1) is 15.9 Å². The van der Waals surface area contributed by atoms with E-state index in [9.17, 15) is 9.59 Å². The molecule has 1 saturated heterocycles. The summed E-state index contributed by atoms with van der Waals surface area (Å²) in [7, 11) is 0. The molecule has 17 heavy (non-hydrogen) atoms. The molecule has 2 aromatic heterocycles. The fourth-order valence-corrected chi connectivity index (χ4v) is 2.32. The van der Waals surface area contributed by atoms with Gasteiger partial charge in [-0.05, 0) is 30.0 Å². The van der Waals surface area contributed by atoms with Gasteiger partial charge in [-0.15, -0.1) is 0 Å². The summed E-state index contributed by atoms with van der Waals surface area (Å²) in [6, 6.07) is 3.73. The van der Waals surface area contributed by atoms with E-state index in [2.05, 4.69) is 15.3 Å². The molecular formula is C11H7N3O2S. The van der Waals surface area contributed by atoms with Crippen LogP contribution in [0.5, 0.6) is 0 Å². The maximum Gasteiger partial charge on any atom is 0.290 e. The Kier molecular flexibility index (Phi) is 2.22. The Morgan fingerprint density at radius 2 is 2.24 bits per heavy atom. The lowest BCUT2D eigenvalue weighted by Crippen LogP contribution is -2.17. The summed E-state index contributed by atoms with van der Waals surface area (Å²) in [5.74, 6) is -0.356. The van der Waals surface area contributed by atoms with Crippen LogP contribution in [0.4, 0.5) is 4.79 Å². The molecule has 0 aromatic carbocycles. The number of hydrogen-bond acceptors (Lipinski definition) is 4. The van der Waals surface area contributed by atoms with Crippen molar-refractivity contribution < 1.29 is 9.59 Å². The summed E-state index contributed by atoms with van der Waals surface area (Å²) >= 11 is 0.900. The third kappa shape index (κ3) is 1.72. The SMILES string of the molecule is O=C1NC(=O)C(=Cc2c[nH]c3cccnc23)S1. The number of thioether (sulfide) groups is 1. The summed E-state index contributed by atoms with van der Waals surface area (Å²) < 4.78 is 0. The molecule has 0 spiro atoms. The largest absolute Gasteiger partial charge is 0.359 e. The molecule has 0 atom stereocenters. The summed E-state index contributed by atoms with van der Waals surface area (Å²) in [5, 5.41) is 1.87. The smallest absolute Gasteiger partial charge is 0.290 e. The van der Waals surface area contributed by atoms with Crippen LogP contribution in [0.15, 0.2) is 29.4 Å². The van der Waals surface area contributed by atoms with Gasteiger partial charge in [-0.3, -0.25) is 19.9 Å². The van der Waals surface area contributed by atoms with Gasteiger partial charge in [0.25, 0.3) is 11.1 Å². The molecule has 1 aliphatic heterocycles. The highest BCUT2D eigenvalue weighted by atomic mass is 32.2. The number of nitrogens with zero attached hydrogens (tertiary/aromatic N) is 1. The minimum atomic E-state index is -0.356. The Labute approximate surface area is 100 Å². The molecule has 3 heterocycles. The van der Waals surface area contributed by atoms with Crippen molar-refractivity contribution in [1.82, 2.24) is 15.3 Å². The number of imide groups is 1. The molecule has 0 unspecified atom stereocenters. The van der Waals surface area contributed by atoms with Crippen LogP contribution in [0.3, 0.4) is 0 Å². The van der Waals surface area contributed by atoms with Crippen LogP contribution in [-0.2, 0) is 4.79 Å². The number of fused-ring (bicyclic) bond motifs is 1. The molecule has 2 N–H and O–H groups in total. The Bertz CT molecular complexity index is 660.